The van der Waals surface area contributed by atoms with Gasteiger partial charge in [-0.25, -0.2) is 4.79 Å². The van der Waals surface area contributed by atoms with Crippen molar-refractivity contribution < 1.29 is 14.3 Å². The van der Waals surface area contributed by atoms with Crippen LogP contribution in [0.1, 0.15) is 24.5 Å². The monoisotopic (exact) mass is 397 g/mol. The molecule has 1 unspecified atom stereocenters. The molecule has 4 nitrogen and oxygen atoms in total. The molecule has 0 saturated carbocycles. The number of benzene rings is 2. The first-order valence-electron chi connectivity index (χ1n) is 9.44. The highest BCUT2D eigenvalue weighted by molar-refractivity contribution is 6.30. The summed E-state index contributed by atoms with van der Waals surface area (Å²) in [5.74, 6) is -0.220. The van der Waals surface area contributed by atoms with E-state index >= 15 is 0 Å². The molecule has 0 bridgehead atoms. The maximum Gasteiger partial charge on any atom is 0.331 e. The second-order valence-corrected chi connectivity index (χ2v) is 7.55. The molecule has 1 fully saturated rings. The number of hydrogen-bond acceptors (Lipinski definition) is 3. The van der Waals surface area contributed by atoms with Crippen molar-refractivity contribution in [3.63, 3.8) is 0 Å². The van der Waals surface area contributed by atoms with Gasteiger partial charge in [-0.05, 0) is 42.2 Å². The van der Waals surface area contributed by atoms with Crippen molar-refractivity contribution in [3.05, 3.63) is 76.8 Å². The Kier molecular flexibility index (Phi) is 6.88. The van der Waals surface area contributed by atoms with Gasteiger partial charge in [0.2, 0.25) is 5.91 Å². The third kappa shape index (κ3) is 5.70. The summed E-state index contributed by atoms with van der Waals surface area (Å²) in [6.45, 7) is 3.43. The number of esters is 1. The maximum atomic E-state index is 12.2. The minimum absolute atomic E-state index is 0.0482. The minimum Gasteiger partial charge on any atom is -0.462 e. The van der Waals surface area contributed by atoms with Crippen LogP contribution >= 0.6 is 11.6 Å². The number of allylic oxidation sites excluding steroid dienone is 1. The molecule has 1 heterocycles. The molecule has 1 saturated heterocycles. The summed E-state index contributed by atoms with van der Waals surface area (Å²) < 4.78 is 5.38. The van der Waals surface area contributed by atoms with Gasteiger partial charge in [-0.1, -0.05) is 54.1 Å². The summed E-state index contributed by atoms with van der Waals surface area (Å²) in [5, 5.41) is 0.624. The third-order valence-electron chi connectivity index (χ3n) is 4.88. The van der Waals surface area contributed by atoms with Crippen molar-refractivity contribution in [2.24, 2.45) is 5.92 Å². The average Bonchev–Trinajstić information content (AvgIpc) is 3.05. The number of carbonyl (C=O) groups is 2. The summed E-state index contributed by atoms with van der Waals surface area (Å²) in [6, 6.07) is 17.4. The third-order valence-corrected chi connectivity index (χ3v) is 5.12. The summed E-state index contributed by atoms with van der Waals surface area (Å²) in [4.78, 5) is 26.2. The lowest BCUT2D eigenvalue weighted by molar-refractivity contribution is -0.139. The zero-order chi connectivity index (χ0) is 19.9. The van der Waals surface area contributed by atoms with E-state index in [1.807, 2.05) is 42.2 Å². The predicted molar refractivity (Wildman–Crippen MR) is 111 cm³/mol. The van der Waals surface area contributed by atoms with Crippen LogP contribution in [0.15, 0.2) is 60.7 Å². The highest BCUT2D eigenvalue weighted by Crippen LogP contribution is 2.20. The number of halogens is 1. The Hall–Kier alpha value is -2.59. The molecular formula is C23H24ClNO3. The van der Waals surface area contributed by atoms with Crippen molar-refractivity contribution in [1.29, 1.82) is 0 Å². The second kappa shape index (κ2) is 9.56. The van der Waals surface area contributed by atoms with E-state index in [0.29, 0.717) is 24.5 Å². The van der Waals surface area contributed by atoms with Crippen LogP contribution in [-0.4, -0.2) is 36.5 Å². The summed E-state index contributed by atoms with van der Waals surface area (Å²) in [6.07, 6.45) is 2.73. The van der Waals surface area contributed by atoms with Gasteiger partial charge in [-0.2, -0.15) is 0 Å². The van der Waals surface area contributed by atoms with Crippen LogP contribution in [-0.2, 0) is 20.7 Å². The molecule has 1 aliphatic heterocycles. The number of nitrogens with zero attached hydrogens (tertiary/aromatic N) is 1. The molecule has 1 atom stereocenters. The van der Waals surface area contributed by atoms with Gasteiger partial charge in [0.1, 0.15) is 0 Å². The van der Waals surface area contributed by atoms with Gasteiger partial charge in [0.05, 0.1) is 6.61 Å². The Balaban J connectivity index is 1.46. The van der Waals surface area contributed by atoms with Crippen LogP contribution in [0.2, 0.25) is 5.02 Å². The maximum absolute atomic E-state index is 12.2. The molecule has 0 radical (unpaired) electrons. The van der Waals surface area contributed by atoms with Crippen molar-refractivity contribution in [2.75, 3.05) is 19.7 Å². The molecule has 0 N–H and O–H groups in total. The molecule has 1 amide bonds. The Bertz CT molecular complexity index is 863. The van der Waals surface area contributed by atoms with Gasteiger partial charge in [-0.3, -0.25) is 4.79 Å². The summed E-state index contributed by atoms with van der Waals surface area (Å²) in [5.41, 5.74) is 2.89. The molecule has 1 aliphatic rings. The number of amides is 1. The van der Waals surface area contributed by atoms with Gasteiger partial charge in [0, 0.05) is 36.5 Å². The van der Waals surface area contributed by atoms with E-state index in [1.54, 1.807) is 12.1 Å². The fourth-order valence-electron chi connectivity index (χ4n) is 3.33. The molecular weight excluding hydrogens is 374 g/mol. The first-order chi connectivity index (χ1) is 13.5. The van der Waals surface area contributed by atoms with Crippen LogP contribution in [0.4, 0.5) is 0 Å². The smallest absolute Gasteiger partial charge is 0.331 e. The number of hydrogen-bond donors (Lipinski definition) is 0. The lowest BCUT2D eigenvalue weighted by Gasteiger charge is -2.16. The summed E-state index contributed by atoms with van der Waals surface area (Å²) in [7, 11) is 0. The molecule has 146 valence electrons. The Morgan fingerprint density at radius 1 is 1.21 bits per heavy atom. The second-order valence-electron chi connectivity index (χ2n) is 7.11. The minimum atomic E-state index is -0.396. The van der Waals surface area contributed by atoms with Crippen LogP contribution in [0.3, 0.4) is 0 Å². The van der Waals surface area contributed by atoms with Crippen LogP contribution in [0.25, 0.3) is 5.57 Å². The molecule has 2 aromatic rings. The van der Waals surface area contributed by atoms with Gasteiger partial charge in [0.25, 0.3) is 0 Å². The fraction of sp³-hybridized carbons (Fsp3) is 0.304. The zero-order valence-electron chi connectivity index (χ0n) is 15.9. The Labute approximate surface area is 170 Å². The summed E-state index contributed by atoms with van der Waals surface area (Å²) >= 11 is 5.98. The molecule has 2 aromatic carbocycles. The molecule has 3 rings (SSSR count). The lowest BCUT2D eigenvalue weighted by atomic mass is 10.1. The number of likely N-dealkylation sites (tertiary alicyclic amines) is 1. The van der Waals surface area contributed by atoms with E-state index in [9.17, 15) is 9.59 Å². The standard InChI is InChI=1S/C23H24ClNO3/c1-17(20-8-5-9-21(24)14-20)12-23(27)28-16-19-13-22(26)25(15-19)11-10-18-6-3-2-4-7-18/h2-9,12,14,19H,10-11,13,15-16H2,1H3. The van der Waals surface area contributed by atoms with Gasteiger partial charge < -0.3 is 9.64 Å². The topological polar surface area (TPSA) is 46.6 Å². The molecule has 0 spiro atoms. The molecule has 0 aromatic heterocycles. The fourth-order valence-corrected chi connectivity index (χ4v) is 3.52. The van der Waals surface area contributed by atoms with Crippen molar-refractivity contribution in [3.8, 4) is 0 Å². The normalized spacial score (nSPS) is 17.1. The van der Waals surface area contributed by atoms with Crippen molar-refractivity contribution >= 4 is 29.1 Å². The SMILES string of the molecule is CC(=CC(=O)OCC1CC(=O)N(CCc2ccccc2)C1)c1cccc(Cl)c1. The lowest BCUT2D eigenvalue weighted by Crippen LogP contribution is -2.28. The largest absolute Gasteiger partial charge is 0.462 e. The Morgan fingerprint density at radius 2 is 2.00 bits per heavy atom. The molecule has 0 aliphatic carbocycles. The van der Waals surface area contributed by atoms with Crippen LogP contribution in [0.5, 0.6) is 0 Å². The van der Waals surface area contributed by atoms with Crippen LogP contribution < -0.4 is 0 Å². The van der Waals surface area contributed by atoms with Gasteiger partial charge in [0.15, 0.2) is 0 Å². The first kappa shape index (κ1) is 20.2. The molecule has 28 heavy (non-hydrogen) atoms. The average molecular weight is 398 g/mol. The van der Waals surface area contributed by atoms with E-state index < -0.39 is 5.97 Å². The van der Waals surface area contributed by atoms with Crippen molar-refractivity contribution in [2.45, 2.75) is 19.8 Å². The molecule has 5 heteroatoms. The van der Waals surface area contributed by atoms with Crippen LogP contribution in [0, 0.1) is 5.92 Å². The quantitative estimate of drug-likeness (QED) is 0.514. The number of rotatable bonds is 7. The van der Waals surface area contributed by atoms with E-state index in [0.717, 1.165) is 17.6 Å². The first-order valence-corrected chi connectivity index (χ1v) is 9.82. The van der Waals surface area contributed by atoms with E-state index in [1.165, 1.54) is 11.6 Å². The van der Waals surface area contributed by atoms with E-state index in [-0.39, 0.29) is 18.4 Å². The highest BCUT2D eigenvalue weighted by Gasteiger charge is 2.29. The highest BCUT2D eigenvalue weighted by atomic mass is 35.5. The van der Waals surface area contributed by atoms with E-state index in [2.05, 4.69) is 12.1 Å². The Morgan fingerprint density at radius 3 is 2.75 bits per heavy atom. The van der Waals surface area contributed by atoms with Gasteiger partial charge >= 0.3 is 5.97 Å². The van der Waals surface area contributed by atoms with E-state index in [4.69, 9.17) is 16.3 Å². The van der Waals surface area contributed by atoms with Gasteiger partial charge in [-0.15, -0.1) is 0 Å². The van der Waals surface area contributed by atoms with Crippen molar-refractivity contribution in [1.82, 2.24) is 4.90 Å². The zero-order valence-corrected chi connectivity index (χ0v) is 16.7. The predicted octanol–water partition coefficient (Wildman–Crippen LogP) is 4.38. The number of carbonyl (C=O) groups excluding carboxylic acids is 2. The number of ether oxygens (including phenoxy) is 1.